The highest BCUT2D eigenvalue weighted by atomic mass is 35.5. The summed E-state index contributed by atoms with van der Waals surface area (Å²) in [6.07, 6.45) is 2.72. The van der Waals surface area contributed by atoms with Gasteiger partial charge < -0.3 is 4.74 Å². The fourth-order valence-electron chi connectivity index (χ4n) is 1.55. The minimum Gasteiger partial charge on any atom is -0.494 e. The summed E-state index contributed by atoms with van der Waals surface area (Å²) >= 11 is 5.76. The number of nitro groups is 1. The lowest BCUT2D eigenvalue weighted by atomic mass is 10.2. The molecular formula is C12H16ClN3O4. The number of ether oxygens (including phenoxy) is 1. The number of hydrogen-bond acceptors (Lipinski definition) is 5. The van der Waals surface area contributed by atoms with Crippen LogP contribution >= 0.6 is 11.6 Å². The van der Waals surface area contributed by atoms with E-state index in [4.69, 9.17) is 22.2 Å². The second-order valence-electron chi connectivity index (χ2n) is 4.10. The number of carbonyl (C=O) groups is 1. The molecule has 110 valence electrons. The maximum atomic E-state index is 10.9. The van der Waals surface area contributed by atoms with Gasteiger partial charge in [0.2, 0.25) is 5.91 Å². The molecule has 3 N–H and O–H groups in total. The number of halogens is 1. The van der Waals surface area contributed by atoms with Gasteiger partial charge in [-0.3, -0.25) is 20.3 Å². The highest BCUT2D eigenvalue weighted by Crippen LogP contribution is 2.28. The second-order valence-corrected chi connectivity index (χ2v) is 4.50. The van der Waals surface area contributed by atoms with Crippen LogP contribution in [0.4, 0.5) is 5.69 Å². The van der Waals surface area contributed by atoms with Crippen LogP contribution in [0.15, 0.2) is 18.2 Å². The Morgan fingerprint density at radius 2 is 2.15 bits per heavy atom. The molecule has 0 spiro atoms. The van der Waals surface area contributed by atoms with Crippen LogP contribution in [0, 0.1) is 10.1 Å². The van der Waals surface area contributed by atoms with Crippen molar-refractivity contribution in [3.8, 4) is 5.75 Å². The molecule has 7 nitrogen and oxygen atoms in total. The quantitative estimate of drug-likeness (QED) is 0.251. The Morgan fingerprint density at radius 1 is 1.40 bits per heavy atom. The molecule has 0 aliphatic rings. The van der Waals surface area contributed by atoms with Crippen molar-refractivity contribution >= 4 is 23.2 Å². The number of rotatable bonds is 8. The molecule has 0 aliphatic carbocycles. The van der Waals surface area contributed by atoms with Crippen molar-refractivity contribution in [2.75, 3.05) is 6.61 Å². The first-order chi connectivity index (χ1) is 9.54. The van der Waals surface area contributed by atoms with Gasteiger partial charge in [-0.25, -0.2) is 5.84 Å². The van der Waals surface area contributed by atoms with Gasteiger partial charge >= 0.3 is 0 Å². The largest absolute Gasteiger partial charge is 0.494 e. The summed E-state index contributed by atoms with van der Waals surface area (Å²) in [6.45, 7) is 0.457. The Balaban J connectivity index is 2.27. The lowest BCUT2D eigenvalue weighted by Crippen LogP contribution is -2.29. The number of benzene rings is 1. The van der Waals surface area contributed by atoms with Crippen LogP contribution in [0.5, 0.6) is 5.75 Å². The maximum Gasteiger partial charge on any atom is 0.288 e. The smallest absolute Gasteiger partial charge is 0.288 e. The van der Waals surface area contributed by atoms with Gasteiger partial charge in [-0.1, -0.05) is 11.6 Å². The summed E-state index contributed by atoms with van der Waals surface area (Å²) < 4.78 is 5.42. The van der Waals surface area contributed by atoms with Gasteiger partial charge in [-0.2, -0.15) is 0 Å². The number of nitrogens with zero attached hydrogens (tertiary/aromatic N) is 1. The zero-order chi connectivity index (χ0) is 15.0. The fourth-order valence-corrected chi connectivity index (χ4v) is 1.79. The summed E-state index contributed by atoms with van der Waals surface area (Å²) in [7, 11) is 0. The van der Waals surface area contributed by atoms with Gasteiger partial charge in [0.05, 0.1) is 11.5 Å². The van der Waals surface area contributed by atoms with E-state index in [1.165, 1.54) is 18.2 Å². The third kappa shape index (κ3) is 5.41. The first kappa shape index (κ1) is 16.2. The lowest BCUT2D eigenvalue weighted by Gasteiger charge is -2.06. The third-order valence-corrected chi connectivity index (χ3v) is 2.90. The molecule has 20 heavy (non-hydrogen) atoms. The highest BCUT2D eigenvalue weighted by molar-refractivity contribution is 6.32. The predicted octanol–water partition coefficient (Wildman–Crippen LogP) is 2.18. The van der Waals surface area contributed by atoms with Crippen molar-refractivity contribution in [2.45, 2.75) is 25.7 Å². The van der Waals surface area contributed by atoms with E-state index in [1.54, 1.807) is 0 Å². The number of nitrogens with one attached hydrogen (secondary N) is 1. The molecule has 0 heterocycles. The number of unbranched alkanes of at least 4 members (excludes halogenated alkanes) is 2. The highest BCUT2D eigenvalue weighted by Gasteiger charge is 2.12. The number of nitrogens with two attached hydrogens (primary N) is 1. The molecule has 0 fully saturated rings. The third-order valence-electron chi connectivity index (χ3n) is 2.59. The molecule has 0 unspecified atom stereocenters. The van der Waals surface area contributed by atoms with E-state index in [0.717, 1.165) is 19.3 Å². The second kappa shape index (κ2) is 8.34. The number of hydrogen-bond donors (Lipinski definition) is 2. The molecule has 0 atom stereocenters. The van der Waals surface area contributed by atoms with Gasteiger partial charge in [0.25, 0.3) is 5.69 Å². The zero-order valence-corrected chi connectivity index (χ0v) is 11.6. The van der Waals surface area contributed by atoms with Crippen LogP contribution in [-0.2, 0) is 4.79 Å². The predicted molar refractivity (Wildman–Crippen MR) is 74.4 cm³/mol. The summed E-state index contributed by atoms with van der Waals surface area (Å²) in [6, 6.07) is 4.23. The molecule has 1 rings (SSSR count). The van der Waals surface area contributed by atoms with E-state index in [0.29, 0.717) is 18.8 Å². The molecule has 0 bridgehead atoms. The number of nitro benzene ring substituents is 1. The van der Waals surface area contributed by atoms with Crippen molar-refractivity contribution in [3.05, 3.63) is 33.3 Å². The number of amides is 1. The Kier molecular flexibility index (Phi) is 6.75. The zero-order valence-electron chi connectivity index (χ0n) is 10.8. The van der Waals surface area contributed by atoms with Crippen LogP contribution in [0.1, 0.15) is 25.7 Å². The van der Waals surface area contributed by atoms with Gasteiger partial charge in [0.15, 0.2) is 0 Å². The van der Waals surface area contributed by atoms with Crippen molar-refractivity contribution in [1.29, 1.82) is 0 Å². The van der Waals surface area contributed by atoms with Crippen molar-refractivity contribution in [2.24, 2.45) is 5.84 Å². The van der Waals surface area contributed by atoms with Crippen LogP contribution in [-0.4, -0.2) is 17.4 Å². The van der Waals surface area contributed by atoms with E-state index in [2.05, 4.69) is 5.43 Å². The average molecular weight is 302 g/mol. The molecule has 1 aromatic carbocycles. The Morgan fingerprint density at radius 3 is 2.75 bits per heavy atom. The van der Waals surface area contributed by atoms with E-state index < -0.39 is 4.92 Å². The Hall–Kier alpha value is -1.86. The van der Waals surface area contributed by atoms with Gasteiger partial charge in [0.1, 0.15) is 10.8 Å². The summed E-state index contributed by atoms with van der Waals surface area (Å²) in [5, 5.41) is 10.6. The monoisotopic (exact) mass is 301 g/mol. The van der Waals surface area contributed by atoms with E-state index in [-0.39, 0.29) is 16.6 Å². The summed E-state index contributed by atoms with van der Waals surface area (Å²) in [4.78, 5) is 20.9. The fraction of sp³-hybridized carbons (Fsp3) is 0.417. The van der Waals surface area contributed by atoms with Crippen molar-refractivity contribution < 1.29 is 14.5 Å². The Bertz CT molecular complexity index is 482. The SMILES string of the molecule is NNC(=O)CCCCCOc1ccc([N+](=O)[O-])c(Cl)c1. The summed E-state index contributed by atoms with van der Waals surface area (Å²) in [5.74, 6) is 5.25. The number of hydrazine groups is 1. The van der Waals surface area contributed by atoms with Crippen LogP contribution < -0.4 is 16.0 Å². The molecule has 0 aliphatic heterocycles. The minimum atomic E-state index is -0.547. The minimum absolute atomic E-state index is 0.0483. The van der Waals surface area contributed by atoms with E-state index in [9.17, 15) is 14.9 Å². The van der Waals surface area contributed by atoms with Gasteiger partial charge in [-0.15, -0.1) is 0 Å². The topological polar surface area (TPSA) is 107 Å². The molecule has 0 aromatic heterocycles. The Labute approximate surface area is 121 Å². The van der Waals surface area contributed by atoms with Crippen molar-refractivity contribution in [1.82, 2.24) is 5.43 Å². The first-order valence-corrected chi connectivity index (χ1v) is 6.48. The summed E-state index contributed by atoms with van der Waals surface area (Å²) in [5.41, 5.74) is 1.92. The normalized spacial score (nSPS) is 10.1. The standard InChI is InChI=1S/C12H16ClN3O4/c13-10-8-9(5-6-11(10)16(18)19)20-7-3-1-2-4-12(17)15-14/h5-6,8H,1-4,7,14H2,(H,15,17). The lowest BCUT2D eigenvalue weighted by molar-refractivity contribution is -0.384. The average Bonchev–Trinajstić information content (AvgIpc) is 2.42. The molecule has 0 radical (unpaired) electrons. The van der Waals surface area contributed by atoms with E-state index >= 15 is 0 Å². The molecule has 1 aromatic rings. The maximum absolute atomic E-state index is 10.9. The van der Waals surface area contributed by atoms with Gasteiger partial charge in [0, 0.05) is 18.6 Å². The van der Waals surface area contributed by atoms with Crippen LogP contribution in [0.25, 0.3) is 0 Å². The van der Waals surface area contributed by atoms with Crippen LogP contribution in [0.2, 0.25) is 5.02 Å². The van der Waals surface area contributed by atoms with Crippen LogP contribution in [0.3, 0.4) is 0 Å². The van der Waals surface area contributed by atoms with Crippen molar-refractivity contribution in [3.63, 3.8) is 0 Å². The molecule has 1 amide bonds. The van der Waals surface area contributed by atoms with E-state index in [1.807, 2.05) is 0 Å². The molecule has 0 saturated carbocycles. The molecule has 8 heteroatoms. The van der Waals surface area contributed by atoms with Gasteiger partial charge in [-0.05, 0) is 25.3 Å². The number of carbonyl (C=O) groups excluding carboxylic acids is 1. The molecular weight excluding hydrogens is 286 g/mol. The molecule has 0 saturated heterocycles. The first-order valence-electron chi connectivity index (χ1n) is 6.10.